The predicted molar refractivity (Wildman–Crippen MR) is 84.0 cm³/mol. The van der Waals surface area contributed by atoms with Crippen LogP contribution in [0.5, 0.6) is 0 Å². The smallest absolute Gasteiger partial charge is 0.243 e. The third-order valence-electron chi connectivity index (χ3n) is 4.16. The fourth-order valence-corrected chi connectivity index (χ4v) is 4.59. The van der Waals surface area contributed by atoms with E-state index < -0.39 is 0 Å². The minimum atomic E-state index is -0.363. The molecule has 2 aliphatic rings. The summed E-state index contributed by atoms with van der Waals surface area (Å²) in [5.74, 6) is 0.651. The van der Waals surface area contributed by atoms with Crippen LogP contribution in [0.3, 0.4) is 0 Å². The summed E-state index contributed by atoms with van der Waals surface area (Å²) in [6.45, 7) is 2.43. The molecule has 0 aromatic heterocycles. The molecule has 0 saturated carbocycles. The van der Waals surface area contributed by atoms with Gasteiger partial charge < -0.3 is 10.2 Å². The SMILES string of the molecule is C[C@@]12CCC(=O)N1[C@H](C(=O)NCc1ccccc1Cl)CS2. The topological polar surface area (TPSA) is 49.4 Å². The summed E-state index contributed by atoms with van der Waals surface area (Å²) in [5.41, 5.74) is 0.883. The van der Waals surface area contributed by atoms with E-state index in [-0.39, 0.29) is 22.7 Å². The Bertz CT molecular complexity index is 595. The largest absolute Gasteiger partial charge is 0.350 e. The van der Waals surface area contributed by atoms with Gasteiger partial charge in [-0.05, 0) is 25.0 Å². The lowest BCUT2D eigenvalue weighted by Gasteiger charge is -2.29. The van der Waals surface area contributed by atoms with Crippen LogP contribution in [0.4, 0.5) is 0 Å². The Morgan fingerprint density at radius 3 is 3.05 bits per heavy atom. The normalized spacial score (nSPS) is 27.8. The number of hydrogen-bond acceptors (Lipinski definition) is 3. The fourth-order valence-electron chi connectivity index (χ4n) is 2.96. The van der Waals surface area contributed by atoms with E-state index in [2.05, 4.69) is 5.32 Å². The molecule has 1 aromatic carbocycles. The summed E-state index contributed by atoms with van der Waals surface area (Å²) in [6.07, 6.45) is 1.36. The minimum absolute atomic E-state index is 0.0837. The van der Waals surface area contributed by atoms with Gasteiger partial charge in [-0.15, -0.1) is 11.8 Å². The molecule has 0 radical (unpaired) electrons. The molecule has 1 N–H and O–H groups in total. The Kier molecular flexibility index (Phi) is 3.88. The molecule has 0 bridgehead atoms. The monoisotopic (exact) mass is 324 g/mol. The Labute approximate surface area is 133 Å². The number of rotatable bonds is 3. The van der Waals surface area contributed by atoms with Gasteiger partial charge in [0.1, 0.15) is 6.04 Å². The molecule has 112 valence electrons. The van der Waals surface area contributed by atoms with Gasteiger partial charge in [-0.3, -0.25) is 9.59 Å². The highest BCUT2D eigenvalue weighted by Crippen LogP contribution is 2.47. The van der Waals surface area contributed by atoms with Crippen molar-refractivity contribution in [2.75, 3.05) is 5.75 Å². The van der Waals surface area contributed by atoms with Crippen molar-refractivity contribution in [3.63, 3.8) is 0 Å². The van der Waals surface area contributed by atoms with Crippen molar-refractivity contribution in [3.05, 3.63) is 34.9 Å². The number of carbonyl (C=O) groups excluding carboxylic acids is 2. The number of thioether (sulfide) groups is 1. The summed E-state index contributed by atoms with van der Waals surface area (Å²) >= 11 is 7.78. The number of hydrogen-bond donors (Lipinski definition) is 1. The molecule has 1 aromatic rings. The van der Waals surface area contributed by atoms with E-state index in [0.29, 0.717) is 23.7 Å². The summed E-state index contributed by atoms with van der Waals surface area (Å²) in [4.78, 5) is 26.0. The van der Waals surface area contributed by atoms with Crippen LogP contribution in [-0.2, 0) is 16.1 Å². The molecule has 2 heterocycles. The molecule has 2 aliphatic heterocycles. The van der Waals surface area contributed by atoms with Crippen LogP contribution in [0.25, 0.3) is 0 Å². The Balaban J connectivity index is 1.67. The molecule has 3 rings (SSSR count). The van der Waals surface area contributed by atoms with Crippen LogP contribution in [0.15, 0.2) is 24.3 Å². The molecule has 2 fully saturated rings. The number of amides is 2. The van der Waals surface area contributed by atoms with E-state index in [1.165, 1.54) is 0 Å². The quantitative estimate of drug-likeness (QED) is 0.929. The maximum atomic E-state index is 12.4. The van der Waals surface area contributed by atoms with Gasteiger partial charge in [0.2, 0.25) is 11.8 Å². The number of fused-ring (bicyclic) bond motifs is 1. The molecule has 21 heavy (non-hydrogen) atoms. The molecule has 2 atom stereocenters. The molecule has 6 heteroatoms. The van der Waals surface area contributed by atoms with Gasteiger partial charge in [-0.1, -0.05) is 29.8 Å². The van der Waals surface area contributed by atoms with E-state index in [1.807, 2.05) is 25.1 Å². The van der Waals surface area contributed by atoms with Crippen molar-refractivity contribution in [3.8, 4) is 0 Å². The molecule has 4 nitrogen and oxygen atoms in total. The van der Waals surface area contributed by atoms with Gasteiger partial charge in [-0.25, -0.2) is 0 Å². The van der Waals surface area contributed by atoms with E-state index in [9.17, 15) is 9.59 Å². The number of carbonyl (C=O) groups is 2. The van der Waals surface area contributed by atoms with E-state index in [1.54, 1.807) is 22.7 Å². The molecular weight excluding hydrogens is 308 g/mol. The molecule has 0 unspecified atom stereocenters. The number of benzene rings is 1. The standard InChI is InChI=1S/C15H17ClN2O2S/c1-15-7-6-13(19)18(15)12(9-21-15)14(20)17-8-10-4-2-3-5-11(10)16/h2-5,12H,6-9H2,1H3,(H,17,20)/t12-,15+/m0/s1. The lowest BCUT2D eigenvalue weighted by Crippen LogP contribution is -2.49. The average molecular weight is 325 g/mol. The summed E-state index contributed by atoms with van der Waals surface area (Å²) in [5, 5.41) is 3.54. The zero-order valence-corrected chi connectivity index (χ0v) is 13.3. The van der Waals surface area contributed by atoms with Crippen LogP contribution in [0, 0.1) is 0 Å². The summed E-state index contributed by atoms with van der Waals surface area (Å²) < 4.78 is 0. The number of nitrogens with zero attached hydrogens (tertiary/aromatic N) is 1. The van der Waals surface area contributed by atoms with E-state index >= 15 is 0 Å². The molecular formula is C15H17ClN2O2S. The molecule has 0 aliphatic carbocycles. The Morgan fingerprint density at radius 1 is 1.52 bits per heavy atom. The zero-order valence-electron chi connectivity index (χ0n) is 11.8. The van der Waals surface area contributed by atoms with Crippen molar-refractivity contribution >= 4 is 35.2 Å². The molecule has 2 amide bonds. The molecule has 0 spiro atoms. The van der Waals surface area contributed by atoms with Crippen molar-refractivity contribution in [2.24, 2.45) is 0 Å². The highest BCUT2D eigenvalue weighted by Gasteiger charge is 2.52. The molecule has 2 saturated heterocycles. The van der Waals surface area contributed by atoms with Crippen LogP contribution in [0.2, 0.25) is 5.02 Å². The predicted octanol–water partition coefficient (Wildman–Crippen LogP) is 2.41. The number of nitrogens with one attached hydrogen (secondary N) is 1. The summed E-state index contributed by atoms with van der Waals surface area (Å²) in [7, 11) is 0. The third kappa shape index (κ3) is 2.64. The van der Waals surface area contributed by atoms with Gasteiger partial charge in [0.15, 0.2) is 0 Å². The minimum Gasteiger partial charge on any atom is -0.350 e. The summed E-state index contributed by atoms with van der Waals surface area (Å²) in [6, 6.07) is 7.07. The second-order valence-corrected chi connectivity index (χ2v) is 7.48. The highest BCUT2D eigenvalue weighted by atomic mass is 35.5. The van der Waals surface area contributed by atoms with Crippen molar-refractivity contribution in [2.45, 2.75) is 37.2 Å². The first-order valence-corrected chi connectivity index (χ1v) is 8.35. The fraction of sp³-hybridized carbons (Fsp3) is 0.467. The zero-order chi connectivity index (χ0) is 15.0. The lowest BCUT2D eigenvalue weighted by molar-refractivity contribution is -0.138. The second kappa shape index (κ2) is 5.54. The maximum absolute atomic E-state index is 12.4. The Morgan fingerprint density at radius 2 is 2.29 bits per heavy atom. The van der Waals surface area contributed by atoms with Crippen LogP contribution >= 0.6 is 23.4 Å². The highest BCUT2D eigenvalue weighted by molar-refractivity contribution is 8.01. The van der Waals surface area contributed by atoms with E-state index in [4.69, 9.17) is 11.6 Å². The van der Waals surface area contributed by atoms with Gasteiger partial charge >= 0.3 is 0 Å². The lowest BCUT2D eigenvalue weighted by atomic mass is 10.2. The van der Waals surface area contributed by atoms with E-state index in [0.717, 1.165) is 12.0 Å². The first-order chi connectivity index (χ1) is 10.0. The van der Waals surface area contributed by atoms with Gasteiger partial charge in [0.25, 0.3) is 0 Å². The third-order valence-corrected chi connectivity index (χ3v) is 6.03. The first kappa shape index (κ1) is 14.7. The second-order valence-electron chi connectivity index (χ2n) is 5.57. The van der Waals surface area contributed by atoms with Crippen LogP contribution in [0.1, 0.15) is 25.3 Å². The van der Waals surface area contributed by atoms with Crippen molar-refractivity contribution < 1.29 is 9.59 Å². The average Bonchev–Trinajstić information content (AvgIpc) is 2.95. The van der Waals surface area contributed by atoms with Gasteiger partial charge in [0, 0.05) is 23.7 Å². The van der Waals surface area contributed by atoms with Gasteiger partial charge in [-0.2, -0.15) is 0 Å². The maximum Gasteiger partial charge on any atom is 0.243 e. The Hall–Kier alpha value is -1.20. The van der Waals surface area contributed by atoms with Gasteiger partial charge in [0.05, 0.1) is 4.87 Å². The first-order valence-electron chi connectivity index (χ1n) is 6.98. The number of halogens is 1. The van der Waals surface area contributed by atoms with Crippen molar-refractivity contribution in [1.29, 1.82) is 0 Å². The van der Waals surface area contributed by atoms with Crippen molar-refractivity contribution in [1.82, 2.24) is 10.2 Å². The van der Waals surface area contributed by atoms with Crippen LogP contribution < -0.4 is 5.32 Å². The van der Waals surface area contributed by atoms with Crippen LogP contribution in [-0.4, -0.2) is 33.4 Å².